The van der Waals surface area contributed by atoms with Crippen molar-refractivity contribution in [2.45, 2.75) is 12.8 Å². The summed E-state index contributed by atoms with van der Waals surface area (Å²) in [5.41, 5.74) is 5.77. The topological polar surface area (TPSA) is 84.1 Å². The number of hydrogen-bond donors (Lipinski definition) is 2. The van der Waals surface area contributed by atoms with Crippen LogP contribution in [0.4, 0.5) is 5.82 Å². The van der Waals surface area contributed by atoms with E-state index in [0.717, 1.165) is 25.9 Å². The first kappa shape index (κ1) is 12.8. The summed E-state index contributed by atoms with van der Waals surface area (Å²) in [7, 11) is 2.12. The number of nitrogens with one attached hydrogen (secondary N) is 1. The number of nitrogens with zero attached hydrogens (tertiary/aromatic N) is 3. The molecule has 0 spiro atoms. The first-order chi connectivity index (χ1) is 8.65. The van der Waals surface area contributed by atoms with Gasteiger partial charge in [0.2, 0.25) is 0 Å². The highest BCUT2D eigenvalue weighted by atomic mass is 16.1. The Morgan fingerprint density at radius 1 is 1.50 bits per heavy atom. The highest BCUT2D eigenvalue weighted by molar-refractivity contribution is 5.92. The summed E-state index contributed by atoms with van der Waals surface area (Å²) in [5, 5.41) is 2.90. The molecule has 0 unspecified atom stereocenters. The van der Waals surface area contributed by atoms with Gasteiger partial charge in [-0.2, -0.15) is 0 Å². The second-order valence-corrected chi connectivity index (χ2v) is 4.79. The first-order valence-electron chi connectivity index (χ1n) is 6.19. The predicted octanol–water partition coefficient (Wildman–Crippen LogP) is 0.130. The van der Waals surface area contributed by atoms with Crippen molar-refractivity contribution in [2.75, 3.05) is 32.4 Å². The molecule has 3 N–H and O–H groups in total. The predicted molar refractivity (Wildman–Crippen MR) is 69.0 cm³/mol. The molecule has 1 aliphatic heterocycles. The molecule has 0 radical (unpaired) electrons. The number of carbonyl (C=O) groups excluding carboxylic acids is 1. The molecule has 1 saturated heterocycles. The number of likely N-dealkylation sites (tertiary alicyclic amines) is 1. The molecule has 1 aliphatic rings. The third-order valence-electron chi connectivity index (χ3n) is 3.28. The quantitative estimate of drug-likeness (QED) is 0.795. The Hall–Kier alpha value is -1.69. The van der Waals surface area contributed by atoms with Gasteiger partial charge in [-0.1, -0.05) is 0 Å². The summed E-state index contributed by atoms with van der Waals surface area (Å²) in [6.45, 7) is 2.89. The van der Waals surface area contributed by atoms with Crippen molar-refractivity contribution in [1.82, 2.24) is 20.2 Å². The second-order valence-electron chi connectivity index (χ2n) is 4.79. The van der Waals surface area contributed by atoms with Gasteiger partial charge in [-0.25, -0.2) is 4.98 Å². The van der Waals surface area contributed by atoms with Crippen molar-refractivity contribution in [1.29, 1.82) is 0 Å². The van der Waals surface area contributed by atoms with Crippen molar-refractivity contribution >= 4 is 11.7 Å². The van der Waals surface area contributed by atoms with Crippen molar-refractivity contribution < 1.29 is 4.79 Å². The molecule has 0 bridgehead atoms. The van der Waals surface area contributed by atoms with E-state index in [1.165, 1.54) is 12.4 Å². The Kier molecular flexibility index (Phi) is 4.09. The number of nitrogens with two attached hydrogens (primary N) is 1. The lowest BCUT2D eigenvalue weighted by atomic mass is 9.97. The minimum absolute atomic E-state index is 0.200. The zero-order valence-electron chi connectivity index (χ0n) is 10.6. The SMILES string of the molecule is CN1CCC(CNC(=O)c2cncc(N)n2)CC1. The van der Waals surface area contributed by atoms with Crippen LogP contribution in [-0.2, 0) is 0 Å². The van der Waals surface area contributed by atoms with Crippen LogP contribution >= 0.6 is 0 Å². The van der Waals surface area contributed by atoms with E-state index in [9.17, 15) is 4.79 Å². The number of carbonyl (C=O) groups is 1. The summed E-state index contributed by atoms with van der Waals surface area (Å²) >= 11 is 0. The lowest BCUT2D eigenvalue weighted by Crippen LogP contribution is -2.37. The standard InChI is InChI=1S/C12H19N5O/c1-17-4-2-9(3-5-17)6-15-12(18)10-7-14-8-11(13)16-10/h7-9H,2-6H2,1H3,(H2,13,16)(H,15,18). The maximum absolute atomic E-state index is 11.8. The van der Waals surface area contributed by atoms with Gasteiger partial charge in [-0.15, -0.1) is 0 Å². The molecule has 0 atom stereocenters. The van der Waals surface area contributed by atoms with Crippen LogP contribution in [0, 0.1) is 5.92 Å². The summed E-state index contributed by atoms with van der Waals surface area (Å²) in [4.78, 5) is 21.9. The highest BCUT2D eigenvalue weighted by Crippen LogP contribution is 2.14. The lowest BCUT2D eigenvalue weighted by Gasteiger charge is -2.28. The van der Waals surface area contributed by atoms with Crippen LogP contribution in [0.15, 0.2) is 12.4 Å². The smallest absolute Gasteiger partial charge is 0.271 e. The first-order valence-corrected chi connectivity index (χ1v) is 6.19. The molecule has 18 heavy (non-hydrogen) atoms. The average molecular weight is 249 g/mol. The molecular weight excluding hydrogens is 230 g/mol. The number of amides is 1. The molecule has 1 aromatic rings. The molecule has 2 rings (SSSR count). The molecule has 1 fully saturated rings. The number of aromatic nitrogens is 2. The van der Waals surface area contributed by atoms with Crippen LogP contribution in [0.2, 0.25) is 0 Å². The lowest BCUT2D eigenvalue weighted by molar-refractivity contribution is 0.0934. The van der Waals surface area contributed by atoms with Gasteiger partial charge in [0.1, 0.15) is 11.5 Å². The van der Waals surface area contributed by atoms with Gasteiger partial charge in [0.05, 0.1) is 12.4 Å². The third-order valence-corrected chi connectivity index (χ3v) is 3.28. The highest BCUT2D eigenvalue weighted by Gasteiger charge is 2.17. The van der Waals surface area contributed by atoms with Gasteiger partial charge < -0.3 is 16.0 Å². The van der Waals surface area contributed by atoms with Crippen LogP contribution in [0.3, 0.4) is 0 Å². The van der Waals surface area contributed by atoms with E-state index in [1.807, 2.05) is 0 Å². The zero-order chi connectivity index (χ0) is 13.0. The average Bonchev–Trinajstić information content (AvgIpc) is 2.38. The van der Waals surface area contributed by atoms with E-state index in [1.54, 1.807) is 0 Å². The van der Waals surface area contributed by atoms with E-state index in [-0.39, 0.29) is 17.4 Å². The number of piperidine rings is 1. The normalized spacial score (nSPS) is 17.6. The maximum Gasteiger partial charge on any atom is 0.271 e. The molecule has 1 amide bonds. The molecule has 6 heteroatoms. The molecule has 0 saturated carbocycles. The molecule has 2 heterocycles. The Labute approximate surface area is 107 Å². The number of rotatable bonds is 3. The van der Waals surface area contributed by atoms with E-state index >= 15 is 0 Å². The van der Waals surface area contributed by atoms with Crippen molar-refractivity contribution in [3.63, 3.8) is 0 Å². The van der Waals surface area contributed by atoms with Crippen LogP contribution < -0.4 is 11.1 Å². The largest absolute Gasteiger partial charge is 0.382 e. The van der Waals surface area contributed by atoms with E-state index in [0.29, 0.717) is 12.5 Å². The summed E-state index contributed by atoms with van der Waals surface area (Å²) in [5.74, 6) is 0.620. The summed E-state index contributed by atoms with van der Waals surface area (Å²) in [6, 6.07) is 0. The fourth-order valence-electron chi connectivity index (χ4n) is 2.08. The minimum atomic E-state index is -0.200. The van der Waals surface area contributed by atoms with Crippen LogP contribution in [0.5, 0.6) is 0 Å². The fourth-order valence-corrected chi connectivity index (χ4v) is 2.08. The zero-order valence-corrected chi connectivity index (χ0v) is 10.6. The molecule has 6 nitrogen and oxygen atoms in total. The van der Waals surface area contributed by atoms with E-state index in [2.05, 4.69) is 27.2 Å². The summed E-state index contributed by atoms with van der Waals surface area (Å²) in [6.07, 6.45) is 5.10. The van der Waals surface area contributed by atoms with Crippen molar-refractivity contribution in [2.24, 2.45) is 5.92 Å². The van der Waals surface area contributed by atoms with E-state index in [4.69, 9.17) is 5.73 Å². The van der Waals surface area contributed by atoms with Crippen molar-refractivity contribution in [3.8, 4) is 0 Å². The monoisotopic (exact) mass is 249 g/mol. The van der Waals surface area contributed by atoms with Crippen LogP contribution in [0.1, 0.15) is 23.3 Å². The Bertz CT molecular complexity index is 415. The fraction of sp³-hybridized carbons (Fsp3) is 0.583. The molecule has 1 aromatic heterocycles. The molecule has 0 aliphatic carbocycles. The number of nitrogen functional groups attached to an aromatic ring is 1. The van der Waals surface area contributed by atoms with Crippen LogP contribution in [0.25, 0.3) is 0 Å². The van der Waals surface area contributed by atoms with Gasteiger partial charge in [0, 0.05) is 6.54 Å². The van der Waals surface area contributed by atoms with Crippen LogP contribution in [-0.4, -0.2) is 47.5 Å². The summed E-state index contributed by atoms with van der Waals surface area (Å²) < 4.78 is 0. The number of anilines is 1. The molecule has 98 valence electrons. The minimum Gasteiger partial charge on any atom is -0.382 e. The molecule has 0 aromatic carbocycles. The number of hydrogen-bond acceptors (Lipinski definition) is 5. The van der Waals surface area contributed by atoms with Gasteiger partial charge in [-0.3, -0.25) is 9.78 Å². The second kappa shape index (κ2) is 5.77. The Balaban J connectivity index is 1.81. The third kappa shape index (κ3) is 3.40. The Morgan fingerprint density at radius 2 is 2.22 bits per heavy atom. The van der Waals surface area contributed by atoms with Gasteiger partial charge in [0.25, 0.3) is 5.91 Å². The van der Waals surface area contributed by atoms with Gasteiger partial charge >= 0.3 is 0 Å². The van der Waals surface area contributed by atoms with Gasteiger partial charge in [0.15, 0.2) is 0 Å². The maximum atomic E-state index is 11.8. The van der Waals surface area contributed by atoms with Crippen molar-refractivity contribution in [3.05, 3.63) is 18.1 Å². The Morgan fingerprint density at radius 3 is 2.89 bits per heavy atom. The van der Waals surface area contributed by atoms with E-state index < -0.39 is 0 Å². The molecular formula is C12H19N5O. The van der Waals surface area contributed by atoms with Gasteiger partial charge in [-0.05, 0) is 38.9 Å².